The number of halogens is 2. The summed E-state index contributed by atoms with van der Waals surface area (Å²) in [5, 5.41) is 2.57. The summed E-state index contributed by atoms with van der Waals surface area (Å²) >= 11 is 0. The fraction of sp³-hybridized carbons (Fsp3) is 0.391. The van der Waals surface area contributed by atoms with Gasteiger partial charge in [0, 0.05) is 31.7 Å². The second-order valence-corrected chi connectivity index (χ2v) is 8.05. The van der Waals surface area contributed by atoms with Crippen LogP contribution in [-0.2, 0) is 9.59 Å². The summed E-state index contributed by atoms with van der Waals surface area (Å²) in [5.74, 6) is -2.15. The molecule has 6 nitrogen and oxygen atoms in total. The molecule has 1 unspecified atom stereocenters. The van der Waals surface area contributed by atoms with Gasteiger partial charge in [0.2, 0.25) is 11.8 Å². The zero-order valence-corrected chi connectivity index (χ0v) is 17.6. The molecule has 2 aromatic rings. The number of methoxy groups -OCH3 is 1. The Hall–Kier alpha value is -3.16. The van der Waals surface area contributed by atoms with E-state index in [2.05, 4.69) is 5.32 Å². The number of aryl methyl sites for hydroxylation is 1. The van der Waals surface area contributed by atoms with E-state index < -0.39 is 23.5 Å². The average molecular weight is 429 g/mol. The maximum atomic E-state index is 14.5. The van der Waals surface area contributed by atoms with E-state index in [0.717, 1.165) is 30.5 Å². The number of ether oxygens (including phenoxy) is 1. The van der Waals surface area contributed by atoms with Crippen LogP contribution in [0.2, 0.25) is 0 Å². The Kier molecular flexibility index (Phi) is 5.80. The smallest absolute Gasteiger partial charge is 0.229 e. The molecule has 2 saturated heterocycles. The molecule has 2 aliphatic rings. The second-order valence-electron chi connectivity index (χ2n) is 8.05. The van der Waals surface area contributed by atoms with E-state index in [1.54, 1.807) is 11.0 Å². The number of hydrogen-bond donors (Lipinski definition) is 1. The Balaban J connectivity index is 1.49. The first-order valence-corrected chi connectivity index (χ1v) is 10.4. The topological polar surface area (TPSA) is 61.9 Å². The Morgan fingerprint density at radius 3 is 2.45 bits per heavy atom. The average Bonchev–Trinajstić information content (AvgIpc) is 3.37. The molecule has 0 bridgehead atoms. The number of anilines is 3. The van der Waals surface area contributed by atoms with Gasteiger partial charge in [0.15, 0.2) is 11.6 Å². The van der Waals surface area contributed by atoms with Crippen LogP contribution in [0.4, 0.5) is 25.8 Å². The number of amides is 2. The highest BCUT2D eigenvalue weighted by Crippen LogP contribution is 2.35. The lowest BCUT2D eigenvalue weighted by atomic mass is 10.1. The monoisotopic (exact) mass is 429 g/mol. The number of carbonyl (C=O) groups excluding carboxylic acids is 2. The van der Waals surface area contributed by atoms with Gasteiger partial charge in [-0.2, -0.15) is 0 Å². The van der Waals surface area contributed by atoms with Gasteiger partial charge in [-0.15, -0.1) is 0 Å². The van der Waals surface area contributed by atoms with Gasteiger partial charge < -0.3 is 19.9 Å². The summed E-state index contributed by atoms with van der Waals surface area (Å²) < 4.78 is 34.4. The third kappa shape index (κ3) is 4.19. The van der Waals surface area contributed by atoms with Gasteiger partial charge in [0.25, 0.3) is 0 Å². The van der Waals surface area contributed by atoms with Crippen LogP contribution in [0.3, 0.4) is 0 Å². The highest BCUT2D eigenvalue weighted by Gasteiger charge is 2.36. The van der Waals surface area contributed by atoms with Crippen LogP contribution in [0.25, 0.3) is 0 Å². The van der Waals surface area contributed by atoms with Gasteiger partial charge in [-0.1, -0.05) is 6.07 Å². The summed E-state index contributed by atoms with van der Waals surface area (Å²) in [5.41, 5.74) is 1.56. The van der Waals surface area contributed by atoms with Crippen LogP contribution in [-0.4, -0.2) is 38.6 Å². The molecule has 2 amide bonds. The van der Waals surface area contributed by atoms with Gasteiger partial charge >= 0.3 is 0 Å². The zero-order valence-electron chi connectivity index (χ0n) is 17.6. The number of rotatable bonds is 5. The lowest BCUT2D eigenvalue weighted by Gasteiger charge is -2.21. The lowest BCUT2D eigenvalue weighted by molar-refractivity contribution is -0.122. The molecule has 164 valence electrons. The van der Waals surface area contributed by atoms with Crippen LogP contribution in [0, 0.1) is 24.5 Å². The molecule has 0 saturated carbocycles. The minimum absolute atomic E-state index is 0.0136. The minimum Gasteiger partial charge on any atom is -0.495 e. The Morgan fingerprint density at radius 1 is 1.13 bits per heavy atom. The van der Waals surface area contributed by atoms with Crippen LogP contribution >= 0.6 is 0 Å². The van der Waals surface area contributed by atoms with Crippen molar-refractivity contribution in [2.45, 2.75) is 26.2 Å². The number of hydrogen-bond acceptors (Lipinski definition) is 4. The third-order valence-electron chi connectivity index (χ3n) is 5.83. The van der Waals surface area contributed by atoms with Crippen molar-refractivity contribution in [3.8, 4) is 5.75 Å². The van der Waals surface area contributed by atoms with E-state index in [4.69, 9.17) is 4.74 Å². The molecule has 2 aromatic carbocycles. The molecule has 0 spiro atoms. The first-order chi connectivity index (χ1) is 14.9. The molecule has 31 heavy (non-hydrogen) atoms. The van der Waals surface area contributed by atoms with E-state index in [9.17, 15) is 18.4 Å². The molecule has 0 aromatic heterocycles. The van der Waals surface area contributed by atoms with Gasteiger partial charge in [0.05, 0.1) is 18.7 Å². The predicted molar refractivity (Wildman–Crippen MR) is 115 cm³/mol. The zero-order chi connectivity index (χ0) is 22.1. The molecule has 4 rings (SSSR count). The Bertz CT molecular complexity index is 998. The van der Waals surface area contributed by atoms with Crippen molar-refractivity contribution in [2.24, 2.45) is 5.92 Å². The van der Waals surface area contributed by atoms with Crippen LogP contribution in [0.5, 0.6) is 5.75 Å². The van der Waals surface area contributed by atoms with E-state index in [1.165, 1.54) is 12.0 Å². The molecular formula is C23H25F2N3O3. The maximum absolute atomic E-state index is 14.5. The van der Waals surface area contributed by atoms with Gasteiger partial charge in [0.1, 0.15) is 11.4 Å². The second kappa shape index (κ2) is 8.53. The summed E-state index contributed by atoms with van der Waals surface area (Å²) in [7, 11) is 1.52. The van der Waals surface area contributed by atoms with Gasteiger partial charge in [-0.25, -0.2) is 8.78 Å². The summed E-state index contributed by atoms with van der Waals surface area (Å²) in [6, 6.07) is 7.75. The summed E-state index contributed by atoms with van der Waals surface area (Å²) in [6.07, 6.45) is 1.81. The molecule has 2 heterocycles. The third-order valence-corrected chi connectivity index (χ3v) is 5.83. The molecule has 2 fully saturated rings. The van der Waals surface area contributed by atoms with E-state index >= 15 is 0 Å². The van der Waals surface area contributed by atoms with E-state index in [-0.39, 0.29) is 30.2 Å². The molecule has 1 atom stereocenters. The summed E-state index contributed by atoms with van der Waals surface area (Å²) in [6.45, 7) is 3.30. The first kappa shape index (κ1) is 21.1. The largest absolute Gasteiger partial charge is 0.495 e. The summed E-state index contributed by atoms with van der Waals surface area (Å²) in [4.78, 5) is 28.5. The molecular weight excluding hydrogens is 404 g/mol. The Morgan fingerprint density at radius 2 is 1.81 bits per heavy atom. The maximum Gasteiger partial charge on any atom is 0.229 e. The van der Waals surface area contributed by atoms with Crippen molar-refractivity contribution in [1.82, 2.24) is 0 Å². The number of benzene rings is 2. The van der Waals surface area contributed by atoms with Crippen molar-refractivity contribution in [1.29, 1.82) is 0 Å². The molecule has 0 radical (unpaired) electrons. The molecule has 8 heteroatoms. The predicted octanol–water partition coefficient (Wildman–Crippen LogP) is 3.87. The quantitative estimate of drug-likeness (QED) is 0.784. The van der Waals surface area contributed by atoms with Gasteiger partial charge in [-0.05, 0) is 49.6 Å². The van der Waals surface area contributed by atoms with Crippen LogP contribution < -0.4 is 19.9 Å². The standard InChI is InChI=1S/C23H25F2N3O3/c1-14-5-6-20(31-2)19(9-14)28-13-15(10-21(28)29)23(30)26-16-11-17(24)22(18(25)12-16)27-7-3-4-8-27/h5-6,9,11-12,15H,3-4,7-8,10,13H2,1-2H3,(H,26,30). The lowest BCUT2D eigenvalue weighted by Crippen LogP contribution is -2.28. The Labute approximate surface area is 179 Å². The number of carbonyl (C=O) groups is 2. The van der Waals surface area contributed by atoms with Crippen LogP contribution in [0.1, 0.15) is 24.8 Å². The molecule has 2 aliphatic heterocycles. The van der Waals surface area contributed by atoms with Crippen LogP contribution in [0.15, 0.2) is 30.3 Å². The molecule has 1 N–H and O–H groups in total. The van der Waals surface area contributed by atoms with Crippen molar-refractivity contribution < 1.29 is 23.1 Å². The normalized spacial score (nSPS) is 18.6. The fourth-order valence-electron chi connectivity index (χ4n) is 4.25. The van der Waals surface area contributed by atoms with Crippen molar-refractivity contribution in [3.63, 3.8) is 0 Å². The minimum atomic E-state index is -0.703. The number of nitrogens with zero attached hydrogens (tertiary/aromatic N) is 2. The van der Waals surface area contributed by atoms with Gasteiger partial charge in [-0.3, -0.25) is 9.59 Å². The molecule has 0 aliphatic carbocycles. The highest BCUT2D eigenvalue weighted by atomic mass is 19.1. The SMILES string of the molecule is COc1ccc(C)cc1N1CC(C(=O)Nc2cc(F)c(N3CCCC3)c(F)c2)CC1=O. The van der Waals surface area contributed by atoms with Crippen molar-refractivity contribution in [2.75, 3.05) is 41.9 Å². The van der Waals surface area contributed by atoms with Crippen molar-refractivity contribution in [3.05, 3.63) is 47.5 Å². The highest BCUT2D eigenvalue weighted by molar-refractivity contribution is 6.04. The fourth-order valence-corrected chi connectivity index (χ4v) is 4.25. The van der Waals surface area contributed by atoms with E-state index in [1.807, 2.05) is 19.1 Å². The number of nitrogens with one attached hydrogen (secondary N) is 1. The first-order valence-electron chi connectivity index (χ1n) is 10.4. The van der Waals surface area contributed by atoms with Crippen molar-refractivity contribution >= 4 is 28.9 Å². The van der Waals surface area contributed by atoms with E-state index in [0.29, 0.717) is 24.5 Å².